The molecular formula is C7H11F3N2OS2. The van der Waals surface area contributed by atoms with E-state index >= 15 is 0 Å². The van der Waals surface area contributed by atoms with E-state index in [2.05, 4.69) is 10.6 Å². The molecule has 1 unspecified atom stereocenters. The maximum atomic E-state index is 11.7. The summed E-state index contributed by atoms with van der Waals surface area (Å²) < 4.78 is 35.1. The predicted octanol–water partition coefficient (Wildman–Crippen LogP) is 1.02. The summed E-state index contributed by atoms with van der Waals surface area (Å²) in [5.41, 5.74) is -4.22. The average molecular weight is 260 g/mol. The number of nitrogens with one attached hydrogen (secondary N) is 2. The number of amides is 1. The summed E-state index contributed by atoms with van der Waals surface area (Å²) in [7, 11) is 0. The normalized spacial score (nSPS) is 21.7. The minimum absolute atomic E-state index is 0.0475. The van der Waals surface area contributed by atoms with Crippen molar-refractivity contribution in [3.63, 3.8) is 0 Å². The Morgan fingerprint density at radius 1 is 1.60 bits per heavy atom. The molecule has 3 nitrogen and oxygen atoms in total. The van der Waals surface area contributed by atoms with Crippen molar-refractivity contribution >= 4 is 29.4 Å². The van der Waals surface area contributed by atoms with Gasteiger partial charge in [-0.3, -0.25) is 10.1 Å². The van der Waals surface area contributed by atoms with Gasteiger partial charge in [-0.2, -0.15) is 13.2 Å². The van der Waals surface area contributed by atoms with Crippen LogP contribution in [0, 0.1) is 0 Å². The molecule has 1 amide bonds. The molecule has 1 atom stereocenters. The van der Waals surface area contributed by atoms with Gasteiger partial charge in [0.1, 0.15) is 0 Å². The van der Waals surface area contributed by atoms with Crippen LogP contribution in [0.3, 0.4) is 0 Å². The van der Waals surface area contributed by atoms with Crippen LogP contribution in [-0.2, 0) is 4.79 Å². The first-order chi connectivity index (χ1) is 6.99. The maximum absolute atomic E-state index is 11.7. The average Bonchev–Trinajstić information content (AvgIpc) is 2.63. The van der Waals surface area contributed by atoms with E-state index in [9.17, 15) is 18.0 Å². The lowest BCUT2D eigenvalue weighted by Crippen LogP contribution is -2.42. The monoisotopic (exact) mass is 260 g/mol. The molecule has 15 heavy (non-hydrogen) atoms. The van der Waals surface area contributed by atoms with Gasteiger partial charge in [0.05, 0.1) is 6.04 Å². The Balaban J connectivity index is 2.07. The van der Waals surface area contributed by atoms with Crippen LogP contribution in [0.4, 0.5) is 13.2 Å². The van der Waals surface area contributed by atoms with E-state index in [4.69, 9.17) is 0 Å². The van der Waals surface area contributed by atoms with E-state index < -0.39 is 5.51 Å². The molecule has 88 valence electrons. The fourth-order valence-corrected chi connectivity index (χ4v) is 2.41. The van der Waals surface area contributed by atoms with Gasteiger partial charge in [0.25, 0.3) is 0 Å². The lowest BCUT2D eigenvalue weighted by molar-refractivity contribution is -0.122. The van der Waals surface area contributed by atoms with Crippen molar-refractivity contribution in [2.24, 2.45) is 0 Å². The lowest BCUT2D eigenvalue weighted by Gasteiger charge is -2.10. The molecule has 0 aromatic heterocycles. The Hall–Kier alpha value is -0.0800. The fraction of sp³-hybridized carbons (Fsp3) is 0.857. The van der Waals surface area contributed by atoms with Crippen molar-refractivity contribution in [3.05, 3.63) is 0 Å². The Morgan fingerprint density at radius 2 is 2.33 bits per heavy atom. The second kappa shape index (κ2) is 5.86. The topological polar surface area (TPSA) is 41.1 Å². The van der Waals surface area contributed by atoms with Gasteiger partial charge in [0.2, 0.25) is 5.91 Å². The molecule has 1 fully saturated rings. The number of hydrogen-bond donors (Lipinski definition) is 2. The molecule has 0 spiro atoms. The van der Waals surface area contributed by atoms with Gasteiger partial charge < -0.3 is 5.32 Å². The van der Waals surface area contributed by atoms with E-state index in [1.807, 2.05) is 0 Å². The molecule has 2 N–H and O–H groups in total. The van der Waals surface area contributed by atoms with Crippen LogP contribution < -0.4 is 10.6 Å². The number of halogens is 3. The lowest BCUT2D eigenvalue weighted by atomic mass is 10.3. The van der Waals surface area contributed by atoms with Gasteiger partial charge in [0, 0.05) is 23.9 Å². The van der Waals surface area contributed by atoms with Crippen molar-refractivity contribution in [1.82, 2.24) is 10.6 Å². The highest BCUT2D eigenvalue weighted by Gasteiger charge is 2.28. The van der Waals surface area contributed by atoms with E-state index in [-0.39, 0.29) is 36.0 Å². The fourth-order valence-electron chi connectivity index (χ4n) is 1.03. The van der Waals surface area contributed by atoms with Crippen LogP contribution in [0.2, 0.25) is 0 Å². The summed E-state index contributed by atoms with van der Waals surface area (Å²) in [5, 5.41) is 5.40. The third kappa shape index (κ3) is 5.53. The maximum Gasteiger partial charge on any atom is 0.441 e. The summed E-state index contributed by atoms with van der Waals surface area (Å²) in [5.74, 6) is 1.03. The van der Waals surface area contributed by atoms with Crippen molar-refractivity contribution in [3.8, 4) is 0 Å². The van der Waals surface area contributed by atoms with Gasteiger partial charge >= 0.3 is 5.51 Å². The molecule has 1 saturated heterocycles. The number of rotatable bonds is 4. The standard InChI is InChI=1S/C7H11F3N2OS2/c8-7(9,10)15-2-1-11-6(13)5-3-14-4-12-5/h5,12H,1-4H2,(H,11,13). The van der Waals surface area contributed by atoms with Crippen LogP contribution in [0.25, 0.3) is 0 Å². The zero-order valence-corrected chi connectivity index (χ0v) is 9.40. The first-order valence-corrected chi connectivity index (χ1v) is 6.42. The summed E-state index contributed by atoms with van der Waals surface area (Å²) in [6, 6.07) is -0.258. The van der Waals surface area contributed by atoms with E-state index in [0.29, 0.717) is 5.75 Å². The molecule has 1 rings (SSSR count). The molecule has 0 radical (unpaired) electrons. The summed E-state index contributed by atoms with van der Waals surface area (Å²) in [4.78, 5) is 11.3. The van der Waals surface area contributed by atoms with E-state index in [1.165, 1.54) is 0 Å². The largest absolute Gasteiger partial charge is 0.441 e. The van der Waals surface area contributed by atoms with Crippen LogP contribution in [-0.4, -0.2) is 41.4 Å². The molecule has 0 aromatic rings. The van der Waals surface area contributed by atoms with Crippen molar-refractivity contribution < 1.29 is 18.0 Å². The Bertz CT molecular complexity index is 219. The highest BCUT2D eigenvalue weighted by Crippen LogP contribution is 2.29. The minimum atomic E-state index is -4.22. The van der Waals surface area contributed by atoms with Gasteiger partial charge in [0.15, 0.2) is 0 Å². The van der Waals surface area contributed by atoms with Crippen LogP contribution in [0.5, 0.6) is 0 Å². The van der Waals surface area contributed by atoms with Gasteiger partial charge in [-0.1, -0.05) is 0 Å². The molecular weight excluding hydrogens is 249 g/mol. The summed E-state index contributed by atoms with van der Waals surface area (Å²) in [6.45, 7) is 0.0475. The Labute approximate surface area is 93.9 Å². The highest BCUT2D eigenvalue weighted by molar-refractivity contribution is 8.00. The van der Waals surface area contributed by atoms with Crippen molar-refractivity contribution in [1.29, 1.82) is 0 Å². The second-order valence-electron chi connectivity index (χ2n) is 2.86. The number of thioether (sulfide) groups is 2. The number of carbonyl (C=O) groups is 1. The third-order valence-electron chi connectivity index (χ3n) is 1.70. The van der Waals surface area contributed by atoms with E-state index in [1.54, 1.807) is 11.8 Å². The second-order valence-corrected chi connectivity index (χ2v) is 5.05. The van der Waals surface area contributed by atoms with Gasteiger partial charge in [-0.25, -0.2) is 0 Å². The number of hydrogen-bond acceptors (Lipinski definition) is 4. The molecule has 1 aliphatic rings. The Morgan fingerprint density at radius 3 is 2.87 bits per heavy atom. The summed E-state index contributed by atoms with van der Waals surface area (Å²) in [6.07, 6.45) is 0. The quantitative estimate of drug-likeness (QED) is 0.741. The number of carbonyl (C=O) groups excluding carboxylic acids is 1. The van der Waals surface area contributed by atoms with Crippen LogP contribution >= 0.6 is 23.5 Å². The van der Waals surface area contributed by atoms with Crippen LogP contribution in [0.15, 0.2) is 0 Å². The summed E-state index contributed by atoms with van der Waals surface area (Å²) >= 11 is 1.47. The molecule has 1 heterocycles. The third-order valence-corrected chi connectivity index (χ3v) is 3.38. The Kier molecular flexibility index (Phi) is 5.07. The zero-order valence-electron chi connectivity index (χ0n) is 7.76. The zero-order chi connectivity index (χ0) is 11.3. The van der Waals surface area contributed by atoms with Crippen LogP contribution in [0.1, 0.15) is 0 Å². The minimum Gasteiger partial charge on any atom is -0.354 e. The SMILES string of the molecule is O=C(NCCSC(F)(F)F)C1CSCN1. The van der Waals surface area contributed by atoms with Crippen molar-refractivity contribution in [2.45, 2.75) is 11.6 Å². The van der Waals surface area contributed by atoms with Crippen molar-refractivity contribution in [2.75, 3.05) is 23.9 Å². The first kappa shape index (κ1) is 13.0. The highest BCUT2D eigenvalue weighted by atomic mass is 32.2. The molecule has 0 aromatic carbocycles. The molecule has 8 heteroatoms. The number of alkyl halides is 3. The first-order valence-electron chi connectivity index (χ1n) is 4.28. The predicted molar refractivity (Wildman–Crippen MR) is 55.8 cm³/mol. The molecule has 0 saturated carbocycles. The van der Waals surface area contributed by atoms with Gasteiger partial charge in [-0.05, 0) is 11.8 Å². The molecule has 0 aliphatic carbocycles. The smallest absolute Gasteiger partial charge is 0.354 e. The van der Waals surface area contributed by atoms with E-state index in [0.717, 1.165) is 5.88 Å². The molecule has 1 aliphatic heterocycles. The van der Waals surface area contributed by atoms with Gasteiger partial charge in [-0.15, -0.1) is 11.8 Å². The molecule has 0 bridgehead atoms.